The average Bonchev–Trinajstić information content (AvgIpc) is 3.00. The molecule has 0 aromatic heterocycles. The molecule has 23 heavy (non-hydrogen) atoms. The van der Waals surface area contributed by atoms with Gasteiger partial charge in [-0.3, -0.25) is 0 Å². The number of fused-ring (bicyclic) bond motifs is 1. The molecule has 126 valence electrons. The molecular weight excluding hydrogens is 318 g/mol. The monoisotopic (exact) mass is 339 g/mol. The molecule has 2 rings (SSSR count). The van der Waals surface area contributed by atoms with Crippen molar-refractivity contribution in [3.8, 4) is 17.2 Å². The smallest absolute Gasteiger partial charge is 0.231 e. The Hall–Kier alpha value is -2.22. The molecule has 1 aromatic carbocycles. The van der Waals surface area contributed by atoms with E-state index in [2.05, 4.69) is 10.5 Å². The number of likely N-dealkylation sites (N-methyl/N-ethyl adjacent to an activating group) is 1. The number of rotatable bonds is 6. The van der Waals surface area contributed by atoms with Gasteiger partial charge in [0.2, 0.25) is 12.5 Å². The molecule has 0 saturated carbocycles. The highest BCUT2D eigenvalue weighted by molar-refractivity contribution is 7.80. The molecule has 0 fully saturated rings. The summed E-state index contributed by atoms with van der Waals surface area (Å²) in [5, 5.41) is 15.9. The Morgan fingerprint density at radius 1 is 1.57 bits per heavy atom. The standard InChI is InChI=1S/C15H21N3O4S/c1-4-16-15(23)18(2)6-5-10-7-12-14(22-9-21-12)13(20-3)11(10)8-17-19/h7-8,19H,4-6,9H2,1-3H3,(H,16,23)/b17-8-. The van der Waals surface area contributed by atoms with E-state index >= 15 is 0 Å². The van der Waals surface area contributed by atoms with E-state index in [0.717, 1.165) is 12.1 Å². The van der Waals surface area contributed by atoms with Crippen LogP contribution in [0.3, 0.4) is 0 Å². The molecule has 7 nitrogen and oxygen atoms in total. The van der Waals surface area contributed by atoms with Crippen LogP contribution in [0.5, 0.6) is 17.2 Å². The molecule has 2 N–H and O–H groups in total. The Morgan fingerprint density at radius 2 is 2.35 bits per heavy atom. The van der Waals surface area contributed by atoms with Gasteiger partial charge in [0.15, 0.2) is 16.6 Å². The first-order chi connectivity index (χ1) is 11.1. The lowest BCUT2D eigenvalue weighted by molar-refractivity contribution is 0.171. The van der Waals surface area contributed by atoms with Crippen LogP contribution in [-0.2, 0) is 6.42 Å². The Bertz CT molecular complexity index is 607. The van der Waals surface area contributed by atoms with Crippen molar-refractivity contribution < 1.29 is 19.4 Å². The minimum atomic E-state index is 0.148. The first-order valence-corrected chi connectivity index (χ1v) is 7.69. The van der Waals surface area contributed by atoms with Gasteiger partial charge in [-0.25, -0.2) is 0 Å². The zero-order valence-corrected chi connectivity index (χ0v) is 14.3. The Labute approximate surface area is 140 Å². The van der Waals surface area contributed by atoms with Crippen LogP contribution in [-0.4, -0.2) is 55.5 Å². The largest absolute Gasteiger partial charge is 0.492 e. The molecule has 0 atom stereocenters. The SMILES string of the molecule is CCNC(=S)N(C)CCc1cc2c(c(OC)c1/C=N\O)OCO2. The number of hydrogen-bond donors (Lipinski definition) is 2. The second kappa shape index (κ2) is 7.87. The second-order valence-corrected chi connectivity index (χ2v) is 5.35. The maximum Gasteiger partial charge on any atom is 0.231 e. The third kappa shape index (κ3) is 3.76. The fourth-order valence-corrected chi connectivity index (χ4v) is 2.60. The normalized spacial score (nSPS) is 12.5. The van der Waals surface area contributed by atoms with Crippen LogP contribution in [0, 0.1) is 0 Å². The predicted octanol–water partition coefficient (Wildman–Crippen LogP) is 1.60. The van der Waals surface area contributed by atoms with E-state index in [0.29, 0.717) is 40.9 Å². The molecule has 0 spiro atoms. The summed E-state index contributed by atoms with van der Waals surface area (Å²) in [4.78, 5) is 1.95. The molecule has 1 aromatic rings. The summed E-state index contributed by atoms with van der Waals surface area (Å²) in [6.45, 7) is 3.62. The maximum atomic E-state index is 8.95. The van der Waals surface area contributed by atoms with Crippen molar-refractivity contribution in [2.75, 3.05) is 34.0 Å². The summed E-state index contributed by atoms with van der Waals surface area (Å²) in [7, 11) is 3.47. The summed E-state index contributed by atoms with van der Waals surface area (Å²) < 4.78 is 16.3. The maximum absolute atomic E-state index is 8.95. The van der Waals surface area contributed by atoms with Gasteiger partial charge in [0.1, 0.15) is 0 Å². The van der Waals surface area contributed by atoms with Crippen molar-refractivity contribution in [2.24, 2.45) is 5.16 Å². The van der Waals surface area contributed by atoms with E-state index in [1.165, 1.54) is 6.21 Å². The third-order valence-electron chi connectivity index (χ3n) is 3.53. The fourth-order valence-electron chi connectivity index (χ4n) is 2.36. The van der Waals surface area contributed by atoms with Crippen molar-refractivity contribution in [1.82, 2.24) is 10.2 Å². The van der Waals surface area contributed by atoms with Crippen LogP contribution in [0.25, 0.3) is 0 Å². The number of nitrogens with one attached hydrogen (secondary N) is 1. The van der Waals surface area contributed by atoms with E-state index in [1.54, 1.807) is 7.11 Å². The van der Waals surface area contributed by atoms with Gasteiger partial charge >= 0.3 is 0 Å². The van der Waals surface area contributed by atoms with Crippen LogP contribution in [0.15, 0.2) is 11.2 Å². The van der Waals surface area contributed by atoms with Gasteiger partial charge in [-0.1, -0.05) is 5.16 Å². The summed E-state index contributed by atoms with van der Waals surface area (Å²) in [5.41, 5.74) is 1.59. The molecule has 0 amide bonds. The van der Waals surface area contributed by atoms with E-state index in [-0.39, 0.29) is 6.79 Å². The van der Waals surface area contributed by atoms with Crippen molar-refractivity contribution in [2.45, 2.75) is 13.3 Å². The number of hydrogen-bond acceptors (Lipinski definition) is 6. The third-order valence-corrected chi connectivity index (χ3v) is 3.98. The van der Waals surface area contributed by atoms with Gasteiger partial charge in [0.05, 0.1) is 13.3 Å². The summed E-state index contributed by atoms with van der Waals surface area (Å²) >= 11 is 5.28. The molecule has 1 aliphatic rings. The summed E-state index contributed by atoms with van der Waals surface area (Å²) in [5.74, 6) is 1.66. The highest BCUT2D eigenvalue weighted by Crippen LogP contribution is 2.44. The highest BCUT2D eigenvalue weighted by Gasteiger charge is 2.24. The van der Waals surface area contributed by atoms with Crippen LogP contribution >= 0.6 is 12.2 Å². The number of thiocarbonyl (C=S) groups is 1. The van der Waals surface area contributed by atoms with E-state index < -0.39 is 0 Å². The molecule has 0 bridgehead atoms. The molecule has 8 heteroatoms. The minimum Gasteiger partial charge on any atom is -0.492 e. The van der Waals surface area contributed by atoms with Crippen molar-refractivity contribution in [3.05, 3.63) is 17.2 Å². The number of methoxy groups -OCH3 is 1. The summed E-state index contributed by atoms with van der Waals surface area (Å²) in [6, 6.07) is 1.88. The summed E-state index contributed by atoms with van der Waals surface area (Å²) in [6.07, 6.45) is 2.02. The Balaban J connectivity index is 2.25. The highest BCUT2D eigenvalue weighted by atomic mass is 32.1. The quantitative estimate of drug-likeness (QED) is 0.353. The first kappa shape index (κ1) is 17.1. The zero-order valence-electron chi connectivity index (χ0n) is 13.5. The van der Waals surface area contributed by atoms with Gasteiger partial charge < -0.3 is 29.6 Å². The minimum absolute atomic E-state index is 0.148. The number of oxime groups is 1. The molecule has 0 saturated heterocycles. The molecular formula is C15H21N3O4S. The van der Waals surface area contributed by atoms with Crippen LogP contribution in [0.1, 0.15) is 18.1 Å². The second-order valence-electron chi connectivity index (χ2n) is 4.97. The number of benzene rings is 1. The number of ether oxygens (including phenoxy) is 3. The lowest BCUT2D eigenvalue weighted by atomic mass is 10.0. The van der Waals surface area contributed by atoms with Gasteiger partial charge in [-0.05, 0) is 37.2 Å². The van der Waals surface area contributed by atoms with Crippen molar-refractivity contribution in [1.29, 1.82) is 0 Å². The van der Waals surface area contributed by atoms with Gasteiger partial charge in [-0.15, -0.1) is 0 Å². The molecule has 0 radical (unpaired) electrons. The molecule has 0 aliphatic carbocycles. The molecule has 1 heterocycles. The predicted molar refractivity (Wildman–Crippen MR) is 91.1 cm³/mol. The van der Waals surface area contributed by atoms with E-state index in [1.807, 2.05) is 24.9 Å². The lowest BCUT2D eigenvalue weighted by Crippen LogP contribution is -2.38. The number of nitrogens with zero attached hydrogens (tertiary/aromatic N) is 2. The average molecular weight is 339 g/mol. The van der Waals surface area contributed by atoms with Gasteiger partial charge in [0, 0.05) is 25.7 Å². The zero-order chi connectivity index (χ0) is 16.8. The Kier molecular flexibility index (Phi) is 5.86. The molecule has 1 aliphatic heterocycles. The Morgan fingerprint density at radius 3 is 3.00 bits per heavy atom. The van der Waals surface area contributed by atoms with Gasteiger partial charge in [0.25, 0.3) is 0 Å². The lowest BCUT2D eigenvalue weighted by Gasteiger charge is -2.21. The van der Waals surface area contributed by atoms with E-state index in [4.69, 9.17) is 31.6 Å². The first-order valence-electron chi connectivity index (χ1n) is 7.28. The van der Waals surface area contributed by atoms with Crippen molar-refractivity contribution in [3.63, 3.8) is 0 Å². The van der Waals surface area contributed by atoms with Crippen LogP contribution in [0.2, 0.25) is 0 Å². The van der Waals surface area contributed by atoms with Crippen LogP contribution in [0.4, 0.5) is 0 Å². The van der Waals surface area contributed by atoms with Gasteiger partial charge in [-0.2, -0.15) is 0 Å². The topological polar surface area (TPSA) is 75.6 Å². The van der Waals surface area contributed by atoms with Crippen LogP contribution < -0.4 is 19.5 Å². The fraction of sp³-hybridized carbons (Fsp3) is 0.467. The van der Waals surface area contributed by atoms with E-state index in [9.17, 15) is 0 Å². The molecule has 0 unspecified atom stereocenters. The van der Waals surface area contributed by atoms with Crippen molar-refractivity contribution >= 4 is 23.5 Å².